The van der Waals surface area contributed by atoms with E-state index in [0.29, 0.717) is 34.0 Å². The monoisotopic (exact) mass is 865 g/mol. The van der Waals surface area contributed by atoms with Crippen LogP contribution >= 0.6 is 0 Å². The van der Waals surface area contributed by atoms with Crippen molar-refractivity contribution in [1.82, 2.24) is 19.1 Å². The Morgan fingerprint density at radius 3 is 1.40 bits per heavy atom. The molecule has 0 saturated carbocycles. The number of nitrogens with zero attached hydrogens (tertiary/aromatic N) is 7. The van der Waals surface area contributed by atoms with Crippen LogP contribution in [0.2, 0.25) is 0 Å². The summed E-state index contributed by atoms with van der Waals surface area (Å²) in [5.41, 5.74) is 16.1. The summed E-state index contributed by atoms with van der Waals surface area (Å²) in [4.78, 5) is 13.8. The second-order valence-corrected chi connectivity index (χ2v) is 16.7. The highest BCUT2D eigenvalue weighted by Crippen LogP contribution is 2.39. The van der Waals surface area contributed by atoms with Crippen molar-refractivity contribution in [2.45, 2.75) is 0 Å². The molecule has 0 aliphatic rings. The van der Waals surface area contributed by atoms with Crippen LogP contribution in [0.3, 0.4) is 0 Å². The SMILES string of the molecule is [C-]#[N+]c1cc(-c2cc(-c3ccc(C#N)cc3)nc(-c3ccc(C#N)cc3)n2)ccc1-c1ccc(-c2ccc(-n3c4ccccc4c4cc(-n5c6ccccc6c6ccccc65)ccc43)cc2)cc1. The van der Waals surface area contributed by atoms with Gasteiger partial charge < -0.3 is 9.13 Å². The third-order valence-electron chi connectivity index (χ3n) is 12.9. The first-order valence-electron chi connectivity index (χ1n) is 22.2. The van der Waals surface area contributed by atoms with Crippen LogP contribution in [0.25, 0.3) is 116 Å². The van der Waals surface area contributed by atoms with E-state index in [0.717, 1.165) is 61.4 Å². The number of hydrogen-bond donors (Lipinski definition) is 0. The molecule has 0 saturated heterocycles. The molecule has 7 nitrogen and oxygen atoms in total. The molecule has 0 radical (unpaired) electrons. The summed E-state index contributed by atoms with van der Waals surface area (Å²) in [5, 5.41) is 23.6. The van der Waals surface area contributed by atoms with Gasteiger partial charge in [-0.15, -0.1) is 0 Å². The molecule has 3 aromatic heterocycles. The first-order chi connectivity index (χ1) is 33.5. The van der Waals surface area contributed by atoms with E-state index in [1.807, 2.05) is 48.5 Å². The maximum absolute atomic E-state index is 9.38. The highest BCUT2D eigenvalue weighted by Gasteiger charge is 2.18. The molecular weight excluding hydrogens is 831 g/mol. The Morgan fingerprint density at radius 2 is 0.824 bits per heavy atom. The minimum atomic E-state index is 0.489. The summed E-state index contributed by atoms with van der Waals surface area (Å²) in [5.74, 6) is 0.489. The van der Waals surface area contributed by atoms with Gasteiger partial charge in [-0.3, -0.25) is 0 Å². The Balaban J connectivity index is 0.853. The third kappa shape index (κ3) is 6.74. The van der Waals surface area contributed by atoms with Gasteiger partial charge in [-0.05, 0) is 125 Å². The number of nitriles is 2. The smallest absolute Gasteiger partial charge is 0.195 e. The Hall–Kier alpha value is -9.87. The Kier molecular flexibility index (Phi) is 9.51. The number of para-hydroxylation sites is 3. The summed E-state index contributed by atoms with van der Waals surface area (Å²) in [6.07, 6.45) is 0. The van der Waals surface area contributed by atoms with E-state index in [1.54, 1.807) is 24.3 Å². The quantitative estimate of drug-likeness (QED) is 0.149. The average molecular weight is 866 g/mol. The van der Waals surface area contributed by atoms with Gasteiger partial charge in [0.15, 0.2) is 11.5 Å². The lowest BCUT2D eigenvalue weighted by Crippen LogP contribution is -1.96. The Labute approximate surface area is 391 Å². The summed E-state index contributed by atoms with van der Waals surface area (Å²) in [6.45, 7) is 8.22. The van der Waals surface area contributed by atoms with Crippen LogP contribution in [0.5, 0.6) is 0 Å². The fourth-order valence-electron chi connectivity index (χ4n) is 9.53. The molecule has 0 fully saturated rings. The van der Waals surface area contributed by atoms with E-state index in [-0.39, 0.29) is 0 Å². The molecular formula is C61H35N7. The molecule has 314 valence electrons. The first-order valence-corrected chi connectivity index (χ1v) is 22.2. The highest BCUT2D eigenvalue weighted by molar-refractivity contribution is 6.12. The first kappa shape index (κ1) is 39.7. The molecule has 0 aliphatic heterocycles. The standard InChI is InChI=1S/C61H35N7/c1-64-56-34-46(55-36-54(44-18-14-39(37-62)15-19-44)65-61(66-55)45-20-16-40(38-63)17-21-45)28-32-49(56)43-24-22-41(23-25-43)42-26-29-47(30-27-42)67-59-13-7-4-10-52(59)53-35-48(31-33-60(53)67)68-57-11-5-2-8-50(57)51-9-3-6-12-58(51)68/h2-36H. The van der Waals surface area contributed by atoms with Gasteiger partial charge in [0.2, 0.25) is 0 Å². The summed E-state index contributed by atoms with van der Waals surface area (Å²) in [6, 6.07) is 76.3. The van der Waals surface area contributed by atoms with Gasteiger partial charge >= 0.3 is 0 Å². The molecule has 0 atom stereocenters. The lowest BCUT2D eigenvalue weighted by Gasteiger charge is -2.12. The van der Waals surface area contributed by atoms with Crippen molar-refractivity contribution >= 4 is 49.3 Å². The predicted octanol–water partition coefficient (Wildman–Crippen LogP) is 15.3. The lowest BCUT2D eigenvalue weighted by molar-refractivity contribution is 1.17. The largest absolute Gasteiger partial charge is 0.309 e. The molecule has 0 N–H and O–H groups in total. The normalized spacial score (nSPS) is 11.2. The van der Waals surface area contributed by atoms with Crippen molar-refractivity contribution in [2.24, 2.45) is 0 Å². The topological polar surface area (TPSA) is 87.6 Å². The second-order valence-electron chi connectivity index (χ2n) is 16.7. The number of hydrogen-bond acceptors (Lipinski definition) is 4. The van der Waals surface area contributed by atoms with Crippen LogP contribution in [0.15, 0.2) is 212 Å². The zero-order valence-corrected chi connectivity index (χ0v) is 36.3. The third-order valence-corrected chi connectivity index (χ3v) is 12.9. The van der Waals surface area contributed by atoms with Crippen molar-refractivity contribution in [1.29, 1.82) is 10.5 Å². The molecule has 0 aliphatic carbocycles. The van der Waals surface area contributed by atoms with Gasteiger partial charge in [0.05, 0.1) is 63.3 Å². The molecule has 0 unspecified atom stereocenters. The van der Waals surface area contributed by atoms with Crippen molar-refractivity contribution in [2.75, 3.05) is 0 Å². The maximum Gasteiger partial charge on any atom is 0.195 e. The molecule has 7 heteroatoms. The Bertz CT molecular complexity index is 3950. The van der Waals surface area contributed by atoms with Crippen molar-refractivity contribution in [3.05, 3.63) is 235 Å². The molecule has 0 amide bonds. The molecule has 0 bridgehead atoms. The van der Waals surface area contributed by atoms with Crippen LogP contribution < -0.4 is 0 Å². The van der Waals surface area contributed by atoms with Crippen LogP contribution in [-0.4, -0.2) is 19.1 Å². The fourth-order valence-corrected chi connectivity index (χ4v) is 9.53. The molecule has 0 spiro atoms. The number of benzene rings is 9. The van der Waals surface area contributed by atoms with Crippen LogP contribution in [-0.2, 0) is 0 Å². The lowest BCUT2D eigenvalue weighted by atomic mass is 9.97. The van der Waals surface area contributed by atoms with Crippen LogP contribution in [0.4, 0.5) is 5.69 Å². The van der Waals surface area contributed by atoms with Gasteiger partial charge in [0.25, 0.3) is 0 Å². The number of aromatic nitrogens is 4. The number of rotatable bonds is 7. The second kappa shape index (κ2) is 16.3. The maximum atomic E-state index is 9.38. The van der Waals surface area contributed by atoms with E-state index in [9.17, 15) is 10.5 Å². The van der Waals surface area contributed by atoms with E-state index in [1.165, 1.54) is 32.6 Å². The van der Waals surface area contributed by atoms with E-state index < -0.39 is 0 Å². The summed E-state index contributed by atoms with van der Waals surface area (Å²) >= 11 is 0. The molecule has 68 heavy (non-hydrogen) atoms. The number of fused-ring (bicyclic) bond motifs is 6. The Morgan fingerprint density at radius 1 is 0.382 bits per heavy atom. The van der Waals surface area contributed by atoms with E-state index in [2.05, 4.69) is 166 Å². The molecule has 9 aromatic carbocycles. The fraction of sp³-hybridized carbons (Fsp3) is 0. The molecule has 3 heterocycles. The zero-order chi connectivity index (χ0) is 45.7. The summed E-state index contributed by atoms with van der Waals surface area (Å²) in [7, 11) is 0. The van der Waals surface area contributed by atoms with Crippen molar-refractivity contribution < 1.29 is 0 Å². The van der Waals surface area contributed by atoms with Gasteiger partial charge in [-0.1, -0.05) is 115 Å². The van der Waals surface area contributed by atoms with Gasteiger partial charge in [-0.25, -0.2) is 14.8 Å². The predicted molar refractivity (Wildman–Crippen MR) is 274 cm³/mol. The van der Waals surface area contributed by atoms with Crippen LogP contribution in [0.1, 0.15) is 11.1 Å². The molecule has 12 rings (SSSR count). The molecule has 12 aromatic rings. The van der Waals surface area contributed by atoms with Gasteiger partial charge in [-0.2, -0.15) is 10.5 Å². The van der Waals surface area contributed by atoms with Gasteiger partial charge in [0, 0.05) is 44.0 Å². The minimum absolute atomic E-state index is 0.489. The highest BCUT2D eigenvalue weighted by atomic mass is 15.0. The summed E-state index contributed by atoms with van der Waals surface area (Å²) < 4.78 is 4.73. The van der Waals surface area contributed by atoms with Crippen LogP contribution in [0, 0.1) is 29.2 Å². The zero-order valence-electron chi connectivity index (χ0n) is 36.3. The average Bonchev–Trinajstić information content (AvgIpc) is 3.93. The minimum Gasteiger partial charge on any atom is -0.309 e. The van der Waals surface area contributed by atoms with E-state index in [4.69, 9.17) is 16.5 Å². The van der Waals surface area contributed by atoms with Crippen molar-refractivity contribution in [3.63, 3.8) is 0 Å². The van der Waals surface area contributed by atoms with Crippen molar-refractivity contribution in [3.8, 4) is 79.7 Å². The van der Waals surface area contributed by atoms with Gasteiger partial charge in [0.1, 0.15) is 0 Å². The van der Waals surface area contributed by atoms with E-state index >= 15 is 0 Å².